The number of rotatable bonds is 6. The van der Waals surface area contributed by atoms with Crippen LogP contribution >= 0.6 is 0 Å². The van der Waals surface area contributed by atoms with Crippen LogP contribution in [0.1, 0.15) is 19.4 Å². The molecule has 0 aliphatic heterocycles. The number of methoxy groups -OCH3 is 1. The molecule has 6 nitrogen and oxygen atoms in total. The molecular formula is C14H20N2O4. The molecule has 20 heavy (non-hydrogen) atoms. The van der Waals surface area contributed by atoms with E-state index in [-0.39, 0.29) is 6.03 Å². The number of carbonyl (C=O) groups excluding carboxylic acids is 1. The summed E-state index contributed by atoms with van der Waals surface area (Å²) in [6, 6.07) is 6.49. The van der Waals surface area contributed by atoms with E-state index >= 15 is 0 Å². The standard InChI is InChI=1S/C14H20N2O4/c1-9(13(17)18)10(2)16-14(19)15-8-11-4-6-12(20-3)7-5-11/h4-7,9-10H,8H2,1-3H3,(H,17,18)(H2,15,16,19). The van der Waals surface area contributed by atoms with Crippen molar-refractivity contribution in [3.63, 3.8) is 0 Å². The molecule has 2 amide bonds. The van der Waals surface area contributed by atoms with Gasteiger partial charge in [0, 0.05) is 12.6 Å². The van der Waals surface area contributed by atoms with E-state index in [0.717, 1.165) is 11.3 Å². The average Bonchev–Trinajstić information content (AvgIpc) is 2.44. The van der Waals surface area contributed by atoms with E-state index in [1.165, 1.54) is 0 Å². The normalized spacial score (nSPS) is 13.2. The molecular weight excluding hydrogens is 260 g/mol. The molecule has 0 heterocycles. The molecule has 2 unspecified atom stereocenters. The van der Waals surface area contributed by atoms with E-state index in [1.54, 1.807) is 21.0 Å². The lowest BCUT2D eigenvalue weighted by molar-refractivity contribution is -0.141. The van der Waals surface area contributed by atoms with Crippen molar-refractivity contribution in [3.8, 4) is 5.75 Å². The van der Waals surface area contributed by atoms with E-state index < -0.39 is 17.9 Å². The summed E-state index contributed by atoms with van der Waals surface area (Å²) in [6.07, 6.45) is 0. The molecule has 0 radical (unpaired) electrons. The largest absolute Gasteiger partial charge is 0.497 e. The first-order chi connectivity index (χ1) is 9.43. The van der Waals surface area contributed by atoms with Gasteiger partial charge in [-0.25, -0.2) is 4.79 Å². The summed E-state index contributed by atoms with van der Waals surface area (Å²) in [6.45, 7) is 3.58. The number of carboxylic acid groups (broad SMARTS) is 1. The van der Waals surface area contributed by atoms with Gasteiger partial charge in [-0.15, -0.1) is 0 Å². The first-order valence-electron chi connectivity index (χ1n) is 6.34. The topological polar surface area (TPSA) is 87.7 Å². The first kappa shape index (κ1) is 15.8. The Bertz CT molecular complexity index is 459. The van der Waals surface area contributed by atoms with E-state index in [0.29, 0.717) is 6.54 Å². The summed E-state index contributed by atoms with van der Waals surface area (Å²) in [7, 11) is 1.59. The van der Waals surface area contributed by atoms with E-state index in [2.05, 4.69) is 10.6 Å². The van der Waals surface area contributed by atoms with Crippen LogP contribution in [-0.4, -0.2) is 30.3 Å². The lowest BCUT2D eigenvalue weighted by Gasteiger charge is -2.18. The monoisotopic (exact) mass is 280 g/mol. The van der Waals surface area contributed by atoms with Gasteiger partial charge in [0.2, 0.25) is 0 Å². The zero-order valence-electron chi connectivity index (χ0n) is 11.8. The molecule has 1 aromatic carbocycles. The third-order valence-corrected chi connectivity index (χ3v) is 3.11. The molecule has 2 atom stereocenters. The Kier molecular flexibility index (Phi) is 5.83. The number of amides is 2. The maximum Gasteiger partial charge on any atom is 0.315 e. The van der Waals surface area contributed by atoms with Crippen molar-refractivity contribution in [2.24, 2.45) is 5.92 Å². The highest BCUT2D eigenvalue weighted by atomic mass is 16.5. The molecule has 0 aliphatic carbocycles. The number of hydrogen-bond donors (Lipinski definition) is 3. The Morgan fingerprint density at radius 3 is 2.35 bits per heavy atom. The minimum absolute atomic E-state index is 0.365. The third-order valence-electron chi connectivity index (χ3n) is 3.11. The minimum atomic E-state index is -0.937. The SMILES string of the molecule is COc1ccc(CNC(=O)NC(C)C(C)C(=O)O)cc1. The Balaban J connectivity index is 2.41. The second-order valence-electron chi connectivity index (χ2n) is 4.59. The van der Waals surface area contributed by atoms with Gasteiger partial charge in [0.1, 0.15) is 5.75 Å². The molecule has 110 valence electrons. The van der Waals surface area contributed by atoms with E-state index in [4.69, 9.17) is 9.84 Å². The second-order valence-corrected chi connectivity index (χ2v) is 4.59. The zero-order chi connectivity index (χ0) is 15.1. The van der Waals surface area contributed by atoms with Crippen LogP contribution in [0, 0.1) is 5.92 Å². The van der Waals surface area contributed by atoms with Crippen molar-refractivity contribution in [1.82, 2.24) is 10.6 Å². The quantitative estimate of drug-likeness (QED) is 0.738. The average molecular weight is 280 g/mol. The fourth-order valence-electron chi connectivity index (χ4n) is 1.52. The summed E-state index contributed by atoms with van der Waals surface area (Å²) in [4.78, 5) is 22.4. The molecule has 0 saturated carbocycles. The summed E-state index contributed by atoms with van der Waals surface area (Å²) in [5.74, 6) is -0.822. The summed E-state index contributed by atoms with van der Waals surface area (Å²) in [5, 5.41) is 14.1. The fourth-order valence-corrected chi connectivity index (χ4v) is 1.52. The van der Waals surface area contributed by atoms with Crippen molar-refractivity contribution in [1.29, 1.82) is 0 Å². The molecule has 0 bridgehead atoms. The van der Waals surface area contributed by atoms with Crippen LogP contribution in [0.15, 0.2) is 24.3 Å². The number of carboxylic acids is 1. The van der Waals surface area contributed by atoms with Crippen LogP contribution in [0.3, 0.4) is 0 Å². The number of hydrogen-bond acceptors (Lipinski definition) is 3. The molecule has 1 rings (SSSR count). The molecule has 0 aliphatic rings. The van der Waals surface area contributed by atoms with Crippen LogP contribution in [0.5, 0.6) is 5.75 Å². The summed E-state index contributed by atoms with van der Waals surface area (Å²) < 4.78 is 5.04. The highest BCUT2D eigenvalue weighted by molar-refractivity contribution is 5.76. The van der Waals surface area contributed by atoms with Crippen LogP contribution in [0.4, 0.5) is 4.79 Å². The van der Waals surface area contributed by atoms with Crippen molar-refractivity contribution in [2.45, 2.75) is 26.4 Å². The van der Waals surface area contributed by atoms with E-state index in [9.17, 15) is 9.59 Å². The Labute approximate surface area is 118 Å². The van der Waals surface area contributed by atoms with Gasteiger partial charge in [-0.3, -0.25) is 4.79 Å². The number of benzene rings is 1. The highest BCUT2D eigenvalue weighted by Crippen LogP contribution is 2.10. The maximum atomic E-state index is 11.6. The molecule has 0 saturated heterocycles. The van der Waals surface area contributed by atoms with Crippen molar-refractivity contribution >= 4 is 12.0 Å². The molecule has 0 spiro atoms. The van der Waals surface area contributed by atoms with Gasteiger partial charge >= 0.3 is 12.0 Å². The molecule has 6 heteroatoms. The van der Waals surface area contributed by atoms with Crippen LogP contribution < -0.4 is 15.4 Å². The predicted molar refractivity (Wildman–Crippen MR) is 74.6 cm³/mol. The zero-order valence-corrected chi connectivity index (χ0v) is 11.8. The van der Waals surface area contributed by atoms with Gasteiger partial charge in [-0.2, -0.15) is 0 Å². The lowest BCUT2D eigenvalue weighted by Crippen LogP contribution is -2.44. The Morgan fingerprint density at radius 2 is 1.85 bits per heavy atom. The van der Waals surface area contributed by atoms with Gasteiger partial charge in [0.05, 0.1) is 13.0 Å². The number of carbonyl (C=O) groups is 2. The third kappa shape index (κ3) is 4.79. The predicted octanol–water partition coefficient (Wildman–Crippen LogP) is 1.60. The Morgan fingerprint density at radius 1 is 1.25 bits per heavy atom. The van der Waals surface area contributed by atoms with Gasteiger partial charge in [-0.1, -0.05) is 12.1 Å². The van der Waals surface area contributed by atoms with Gasteiger partial charge < -0.3 is 20.5 Å². The van der Waals surface area contributed by atoms with Gasteiger partial charge in [-0.05, 0) is 31.5 Å². The number of ether oxygens (including phenoxy) is 1. The van der Waals surface area contributed by atoms with Gasteiger partial charge in [0.15, 0.2) is 0 Å². The smallest absolute Gasteiger partial charge is 0.315 e. The maximum absolute atomic E-state index is 11.6. The van der Waals surface area contributed by atoms with Crippen LogP contribution in [0.2, 0.25) is 0 Å². The lowest BCUT2D eigenvalue weighted by atomic mass is 10.0. The fraction of sp³-hybridized carbons (Fsp3) is 0.429. The van der Waals surface area contributed by atoms with Crippen molar-refractivity contribution in [2.75, 3.05) is 7.11 Å². The molecule has 3 N–H and O–H groups in total. The van der Waals surface area contributed by atoms with Crippen LogP contribution in [-0.2, 0) is 11.3 Å². The van der Waals surface area contributed by atoms with Crippen LogP contribution in [0.25, 0.3) is 0 Å². The molecule has 0 fully saturated rings. The van der Waals surface area contributed by atoms with Gasteiger partial charge in [0.25, 0.3) is 0 Å². The van der Waals surface area contributed by atoms with Crippen molar-refractivity contribution in [3.05, 3.63) is 29.8 Å². The highest BCUT2D eigenvalue weighted by Gasteiger charge is 2.20. The number of nitrogens with one attached hydrogen (secondary N) is 2. The molecule has 0 aromatic heterocycles. The Hall–Kier alpha value is -2.24. The summed E-state index contributed by atoms with van der Waals surface area (Å²) >= 11 is 0. The van der Waals surface area contributed by atoms with E-state index in [1.807, 2.05) is 24.3 Å². The first-order valence-corrected chi connectivity index (χ1v) is 6.34. The minimum Gasteiger partial charge on any atom is -0.497 e. The summed E-state index contributed by atoms with van der Waals surface area (Å²) in [5.41, 5.74) is 0.930. The second kappa shape index (κ2) is 7.37. The van der Waals surface area contributed by atoms with Crippen molar-refractivity contribution < 1.29 is 19.4 Å². The number of urea groups is 1. The molecule has 1 aromatic rings. The number of aliphatic carboxylic acids is 1.